The summed E-state index contributed by atoms with van der Waals surface area (Å²) in [6.07, 6.45) is -3.19. The Kier molecular flexibility index (Phi) is 3.94. The van der Waals surface area contributed by atoms with Crippen LogP contribution in [0.4, 0.5) is 0 Å². The number of aliphatic hydroxyl groups excluding tert-OH is 1. The SMILES string of the molecule is CC1(C)O[C@@H]2[C@H](O1)[C@H](C(O)(c1ccccc1)c1ccccc1)O[C@H]2O. The Labute approximate surface area is 146 Å². The Morgan fingerprint density at radius 3 is 1.84 bits per heavy atom. The summed E-state index contributed by atoms with van der Waals surface area (Å²) in [5.41, 5.74) is -0.133. The van der Waals surface area contributed by atoms with Crippen LogP contribution in [0.25, 0.3) is 0 Å². The molecule has 0 unspecified atom stereocenters. The van der Waals surface area contributed by atoms with E-state index < -0.39 is 36.0 Å². The lowest BCUT2D eigenvalue weighted by atomic mass is 9.79. The second-order valence-corrected chi connectivity index (χ2v) is 7.01. The maximum absolute atomic E-state index is 11.8. The maximum Gasteiger partial charge on any atom is 0.184 e. The summed E-state index contributed by atoms with van der Waals surface area (Å²) in [6.45, 7) is 3.58. The van der Waals surface area contributed by atoms with Crippen molar-refractivity contribution in [2.75, 3.05) is 0 Å². The van der Waals surface area contributed by atoms with E-state index in [2.05, 4.69) is 0 Å². The van der Waals surface area contributed by atoms with Crippen LogP contribution >= 0.6 is 0 Å². The minimum absolute atomic E-state index is 0.588. The minimum Gasteiger partial charge on any atom is -0.378 e. The molecule has 2 fully saturated rings. The molecule has 132 valence electrons. The van der Waals surface area contributed by atoms with Crippen molar-refractivity contribution in [2.24, 2.45) is 0 Å². The molecule has 25 heavy (non-hydrogen) atoms. The van der Waals surface area contributed by atoms with E-state index in [4.69, 9.17) is 14.2 Å². The second-order valence-electron chi connectivity index (χ2n) is 7.01. The van der Waals surface area contributed by atoms with Crippen LogP contribution in [0.15, 0.2) is 60.7 Å². The molecule has 2 aromatic carbocycles. The molecule has 4 atom stereocenters. The zero-order valence-electron chi connectivity index (χ0n) is 14.2. The van der Waals surface area contributed by atoms with E-state index in [0.717, 1.165) is 0 Å². The van der Waals surface area contributed by atoms with Gasteiger partial charge in [-0.3, -0.25) is 0 Å². The molecule has 0 aromatic heterocycles. The molecule has 0 bridgehead atoms. The first-order valence-electron chi connectivity index (χ1n) is 8.44. The third kappa shape index (κ3) is 2.69. The summed E-state index contributed by atoms with van der Waals surface area (Å²) in [6, 6.07) is 18.6. The van der Waals surface area contributed by atoms with Crippen molar-refractivity contribution >= 4 is 0 Å². The molecular formula is C20H22O5. The monoisotopic (exact) mass is 342 g/mol. The van der Waals surface area contributed by atoms with E-state index in [1.807, 2.05) is 60.7 Å². The highest BCUT2D eigenvalue weighted by Crippen LogP contribution is 2.46. The van der Waals surface area contributed by atoms with Crippen LogP contribution in [0.5, 0.6) is 0 Å². The van der Waals surface area contributed by atoms with Crippen molar-refractivity contribution in [3.05, 3.63) is 71.8 Å². The lowest BCUT2D eigenvalue weighted by Gasteiger charge is -2.37. The highest BCUT2D eigenvalue weighted by atomic mass is 16.8. The van der Waals surface area contributed by atoms with Crippen molar-refractivity contribution in [2.45, 2.75) is 49.8 Å². The van der Waals surface area contributed by atoms with Crippen molar-refractivity contribution < 1.29 is 24.4 Å². The Balaban J connectivity index is 1.82. The second kappa shape index (κ2) is 5.90. The fourth-order valence-corrected chi connectivity index (χ4v) is 3.79. The molecule has 2 heterocycles. The highest BCUT2D eigenvalue weighted by Gasteiger charge is 2.61. The molecule has 0 spiro atoms. The van der Waals surface area contributed by atoms with Crippen molar-refractivity contribution in [1.29, 1.82) is 0 Å². The quantitative estimate of drug-likeness (QED) is 0.895. The number of hydrogen-bond acceptors (Lipinski definition) is 5. The fraction of sp³-hybridized carbons (Fsp3) is 0.400. The lowest BCUT2D eigenvalue weighted by molar-refractivity contribution is -0.240. The van der Waals surface area contributed by atoms with Gasteiger partial charge in [0.2, 0.25) is 0 Å². The van der Waals surface area contributed by atoms with Crippen LogP contribution in [-0.2, 0) is 19.8 Å². The van der Waals surface area contributed by atoms with Gasteiger partial charge in [0.05, 0.1) is 0 Å². The highest BCUT2D eigenvalue weighted by molar-refractivity contribution is 5.39. The first-order chi connectivity index (χ1) is 11.9. The summed E-state index contributed by atoms with van der Waals surface area (Å²) < 4.78 is 17.5. The van der Waals surface area contributed by atoms with Crippen LogP contribution in [-0.4, -0.2) is 40.6 Å². The van der Waals surface area contributed by atoms with Crippen molar-refractivity contribution in [3.63, 3.8) is 0 Å². The number of hydrogen-bond donors (Lipinski definition) is 2. The first kappa shape index (κ1) is 16.7. The van der Waals surface area contributed by atoms with Gasteiger partial charge in [-0.05, 0) is 25.0 Å². The summed E-state index contributed by atoms with van der Waals surface area (Å²) >= 11 is 0. The zero-order valence-corrected chi connectivity index (χ0v) is 14.2. The van der Waals surface area contributed by atoms with Gasteiger partial charge in [-0.25, -0.2) is 0 Å². The van der Waals surface area contributed by atoms with Gasteiger partial charge in [-0.2, -0.15) is 0 Å². The molecule has 2 aliphatic heterocycles. The number of benzene rings is 2. The first-order valence-corrected chi connectivity index (χ1v) is 8.44. The summed E-state index contributed by atoms with van der Waals surface area (Å²) in [4.78, 5) is 0. The normalized spacial score (nSPS) is 31.0. The Morgan fingerprint density at radius 2 is 1.32 bits per heavy atom. The molecule has 5 nitrogen and oxygen atoms in total. The predicted octanol–water partition coefficient (Wildman–Crippen LogP) is 2.16. The Bertz CT molecular complexity index is 691. The van der Waals surface area contributed by atoms with Gasteiger partial charge in [0.1, 0.15) is 23.9 Å². The van der Waals surface area contributed by atoms with Gasteiger partial charge in [0, 0.05) is 0 Å². The van der Waals surface area contributed by atoms with Gasteiger partial charge in [-0.1, -0.05) is 60.7 Å². The smallest absolute Gasteiger partial charge is 0.184 e. The largest absolute Gasteiger partial charge is 0.378 e. The average Bonchev–Trinajstić information content (AvgIpc) is 3.10. The molecule has 2 N–H and O–H groups in total. The van der Waals surface area contributed by atoms with Crippen LogP contribution in [0.2, 0.25) is 0 Å². The van der Waals surface area contributed by atoms with Crippen molar-refractivity contribution in [3.8, 4) is 0 Å². The van der Waals surface area contributed by atoms with E-state index >= 15 is 0 Å². The number of aliphatic hydroxyl groups is 2. The van der Waals surface area contributed by atoms with Gasteiger partial charge >= 0.3 is 0 Å². The number of ether oxygens (including phenoxy) is 3. The van der Waals surface area contributed by atoms with Gasteiger partial charge in [0.15, 0.2) is 12.1 Å². The topological polar surface area (TPSA) is 68.2 Å². The third-order valence-corrected chi connectivity index (χ3v) is 4.87. The molecule has 2 saturated heterocycles. The van der Waals surface area contributed by atoms with Crippen LogP contribution < -0.4 is 0 Å². The fourth-order valence-electron chi connectivity index (χ4n) is 3.79. The summed E-state index contributed by atoms with van der Waals surface area (Å²) in [7, 11) is 0. The van der Waals surface area contributed by atoms with Gasteiger partial charge < -0.3 is 24.4 Å². The Morgan fingerprint density at radius 1 is 0.840 bits per heavy atom. The van der Waals surface area contributed by atoms with E-state index in [0.29, 0.717) is 11.1 Å². The molecule has 4 rings (SSSR count). The molecule has 0 radical (unpaired) electrons. The van der Waals surface area contributed by atoms with Gasteiger partial charge in [-0.15, -0.1) is 0 Å². The predicted molar refractivity (Wildman–Crippen MR) is 90.6 cm³/mol. The number of rotatable bonds is 3. The van der Waals surface area contributed by atoms with Crippen LogP contribution in [0.3, 0.4) is 0 Å². The lowest BCUT2D eigenvalue weighted by Crippen LogP contribution is -2.48. The maximum atomic E-state index is 11.8. The zero-order chi connectivity index (χ0) is 17.7. The summed E-state index contributed by atoms with van der Waals surface area (Å²) in [5, 5.41) is 22.1. The summed E-state index contributed by atoms with van der Waals surface area (Å²) in [5.74, 6) is -0.841. The average molecular weight is 342 g/mol. The standard InChI is InChI=1S/C20H22O5/c1-19(2)24-15-16(25-19)18(21)23-17(15)20(22,13-9-5-3-6-10-13)14-11-7-4-8-12-14/h3-12,15-18,21-22H,1-2H3/t15-,16+,17+,18+/m0/s1. The molecule has 2 aromatic rings. The Hall–Kier alpha value is -1.76. The van der Waals surface area contributed by atoms with Crippen LogP contribution in [0, 0.1) is 0 Å². The van der Waals surface area contributed by atoms with E-state index in [-0.39, 0.29) is 0 Å². The molecule has 2 aliphatic rings. The van der Waals surface area contributed by atoms with Gasteiger partial charge in [0.25, 0.3) is 0 Å². The molecule has 0 amide bonds. The number of fused-ring (bicyclic) bond motifs is 1. The molecule has 0 aliphatic carbocycles. The van der Waals surface area contributed by atoms with Crippen molar-refractivity contribution in [1.82, 2.24) is 0 Å². The minimum atomic E-state index is -1.48. The molecule has 5 heteroatoms. The van der Waals surface area contributed by atoms with E-state index in [1.54, 1.807) is 13.8 Å². The van der Waals surface area contributed by atoms with Crippen LogP contribution in [0.1, 0.15) is 25.0 Å². The third-order valence-electron chi connectivity index (χ3n) is 4.87. The molecule has 0 saturated carbocycles. The molecular weight excluding hydrogens is 320 g/mol. The van der Waals surface area contributed by atoms with E-state index in [1.165, 1.54) is 0 Å². The van der Waals surface area contributed by atoms with E-state index in [9.17, 15) is 10.2 Å².